The molecule has 0 bridgehead atoms. The molecule has 0 atom stereocenters. The van der Waals surface area contributed by atoms with Crippen molar-refractivity contribution in [2.75, 3.05) is 33.1 Å². The van der Waals surface area contributed by atoms with Crippen molar-refractivity contribution >= 4 is 38.9 Å². The number of anilines is 1. The van der Waals surface area contributed by atoms with Crippen LogP contribution in [0, 0.1) is 0 Å². The molecule has 2 aromatic carbocycles. The van der Waals surface area contributed by atoms with Gasteiger partial charge in [-0.05, 0) is 60.3 Å². The predicted molar refractivity (Wildman–Crippen MR) is 129 cm³/mol. The first-order chi connectivity index (χ1) is 15.7. The van der Waals surface area contributed by atoms with E-state index in [1.165, 1.54) is 42.3 Å². The second kappa shape index (κ2) is 10.6. The van der Waals surface area contributed by atoms with E-state index in [1.807, 2.05) is 17.5 Å². The summed E-state index contributed by atoms with van der Waals surface area (Å²) in [6.45, 7) is 0.285. The van der Waals surface area contributed by atoms with E-state index in [1.54, 1.807) is 37.6 Å². The Hall–Kier alpha value is -3.21. The van der Waals surface area contributed by atoms with E-state index in [2.05, 4.69) is 10.0 Å². The van der Waals surface area contributed by atoms with Crippen LogP contribution < -0.4 is 14.8 Å². The van der Waals surface area contributed by atoms with E-state index in [0.29, 0.717) is 23.4 Å². The van der Waals surface area contributed by atoms with Crippen LogP contribution in [0.5, 0.6) is 5.75 Å². The van der Waals surface area contributed by atoms with Crippen molar-refractivity contribution in [1.29, 1.82) is 0 Å². The van der Waals surface area contributed by atoms with E-state index in [9.17, 15) is 18.0 Å². The number of nitrogens with one attached hydrogen (secondary N) is 2. The van der Waals surface area contributed by atoms with Crippen LogP contribution in [0.3, 0.4) is 0 Å². The molecule has 1 heterocycles. The molecule has 0 unspecified atom stereocenters. The van der Waals surface area contributed by atoms with Crippen molar-refractivity contribution in [2.45, 2.75) is 11.3 Å². The molecule has 10 heteroatoms. The minimum absolute atomic E-state index is 0.0707. The van der Waals surface area contributed by atoms with Crippen LogP contribution >= 0.6 is 11.3 Å². The Kier molecular flexibility index (Phi) is 7.85. The van der Waals surface area contributed by atoms with Gasteiger partial charge in [-0.2, -0.15) is 0 Å². The van der Waals surface area contributed by atoms with E-state index < -0.39 is 15.9 Å². The molecule has 0 saturated carbocycles. The zero-order valence-electron chi connectivity index (χ0n) is 18.5. The molecule has 0 aliphatic heterocycles. The number of nitrogens with zero attached hydrogens (tertiary/aromatic N) is 1. The molecule has 0 aliphatic carbocycles. The van der Waals surface area contributed by atoms with Gasteiger partial charge in [0.1, 0.15) is 5.75 Å². The topological polar surface area (TPSA) is 105 Å². The largest absolute Gasteiger partial charge is 0.495 e. The number of amides is 2. The molecule has 8 nitrogen and oxygen atoms in total. The predicted octanol–water partition coefficient (Wildman–Crippen LogP) is 3.23. The highest BCUT2D eigenvalue weighted by Gasteiger charge is 2.17. The maximum absolute atomic E-state index is 12.7. The molecule has 33 heavy (non-hydrogen) atoms. The third-order valence-corrected chi connectivity index (χ3v) is 7.18. The Balaban J connectivity index is 1.70. The lowest BCUT2D eigenvalue weighted by molar-refractivity contribution is 0.0827. The summed E-state index contributed by atoms with van der Waals surface area (Å²) in [6, 6.07) is 14.3. The Morgan fingerprint density at radius 1 is 1.03 bits per heavy atom. The first-order valence-corrected chi connectivity index (χ1v) is 12.4. The van der Waals surface area contributed by atoms with Crippen molar-refractivity contribution < 1.29 is 22.7 Å². The maximum Gasteiger partial charge on any atom is 0.255 e. The number of carbonyl (C=O) groups excluding carboxylic acids is 2. The first-order valence-electron chi connectivity index (χ1n) is 10.0. The Morgan fingerprint density at radius 3 is 2.33 bits per heavy atom. The summed E-state index contributed by atoms with van der Waals surface area (Å²) in [4.78, 5) is 27.6. The average molecular weight is 488 g/mol. The Morgan fingerprint density at radius 2 is 1.73 bits per heavy atom. The van der Waals surface area contributed by atoms with E-state index >= 15 is 0 Å². The number of methoxy groups -OCH3 is 1. The fourth-order valence-corrected chi connectivity index (χ4v) is 4.76. The van der Waals surface area contributed by atoms with Crippen LogP contribution in [0.1, 0.15) is 25.6 Å². The fraction of sp³-hybridized carbons (Fsp3) is 0.217. The number of thiophene rings is 1. The van der Waals surface area contributed by atoms with E-state index in [-0.39, 0.29) is 22.9 Å². The van der Waals surface area contributed by atoms with Crippen LogP contribution in [0.4, 0.5) is 5.69 Å². The molecule has 2 N–H and O–H groups in total. The highest BCUT2D eigenvalue weighted by Crippen LogP contribution is 2.26. The number of hydrogen-bond donors (Lipinski definition) is 2. The number of ether oxygens (including phenoxy) is 1. The van der Waals surface area contributed by atoms with Gasteiger partial charge in [0.05, 0.1) is 17.7 Å². The van der Waals surface area contributed by atoms with Gasteiger partial charge in [0.2, 0.25) is 10.0 Å². The summed E-state index contributed by atoms with van der Waals surface area (Å²) in [5.74, 6) is -0.278. The standard InChI is InChI=1S/C23H25N3O5S2/c1-26(2)23(28)17-8-11-21(31-3)20(15-17)25-22(27)16-6-9-19(10-7-16)33(29,30)24-13-12-18-5-4-14-32-18/h4-11,14-15,24H,12-13H2,1-3H3,(H,25,27). The summed E-state index contributed by atoms with van der Waals surface area (Å²) in [7, 11) is 1.05. The molecule has 3 rings (SSSR count). The lowest BCUT2D eigenvalue weighted by atomic mass is 10.1. The summed E-state index contributed by atoms with van der Waals surface area (Å²) in [5.41, 5.74) is 0.993. The number of rotatable bonds is 9. The van der Waals surface area contributed by atoms with Crippen molar-refractivity contribution in [2.24, 2.45) is 0 Å². The van der Waals surface area contributed by atoms with E-state index in [4.69, 9.17) is 4.74 Å². The molecular formula is C23H25N3O5S2. The van der Waals surface area contributed by atoms with Gasteiger partial charge in [-0.25, -0.2) is 13.1 Å². The molecule has 0 radical (unpaired) electrons. The summed E-state index contributed by atoms with van der Waals surface area (Å²) < 4.78 is 32.9. The van der Waals surface area contributed by atoms with Gasteiger partial charge < -0.3 is 15.0 Å². The van der Waals surface area contributed by atoms with Gasteiger partial charge in [-0.3, -0.25) is 9.59 Å². The molecule has 3 aromatic rings. The first kappa shape index (κ1) is 24.4. The smallest absolute Gasteiger partial charge is 0.255 e. The van der Waals surface area contributed by atoms with Crippen molar-refractivity contribution in [3.63, 3.8) is 0 Å². The van der Waals surface area contributed by atoms with Gasteiger partial charge in [-0.1, -0.05) is 6.07 Å². The van der Waals surface area contributed by atoms with Crippen LogP contribution in [0.15, 0.2) is 64.9 Å². The van der Waals surface area contributed by atoms with Crippen molar-refractivity contribution in [1.82, 2.24) is 9.62 Å². The number of benzene rings is 2. The van der Waals surface area contributed by atoms with Crippen LogP contribution in [-0.2, 0) is 16.4 Å². The molecule has 2 amide bonds. The van der Waals surface area contributed by atoms with Gasteiger partial charge in [0, 0.05) is 36.6 Å². The van der Waals surface area contributed by atoms with Gasteiger partial charge in [0.25, 0.3) is 11.8 Å². The monoisotopic (exact) mass is 487 g/mol. The van der Waals surface area contributed by atoms with Gasteiger partial charge >= 0.3 is 0 Å². The maximum atomic E-state index is 12.7. The van der Waals surface area contributed by atoms with Crippen LogP contribution in [0.2, 0.25) is 0 Å². The van der Waals surface area contributed by atoms with E-state index in [0.717, 1.165) is 4.88 Å². The zero-order chi connectivity index (χ0) is 24.0. The summed E-state index contributed by atoms with van der Waals surface area (Å²) in [6.07, 6.45) is 0.606. The number of sulfonamides is 1. The second-order valence-electron chi connectivity index (χ2n) is 7.32. The molecule has 0 spiro atoms. The average Bonchev–Trinajstić information content (AvgIpc) is 3.32. The third kappa shape index (κ3) is 6.19. The normalized spacial score (nSPS) is 11.1. The van der Waals surface area contributed by atoms with Crippen LogP contribution in [0.25, 0.3) is 0 Å². The highest BCUT2D eigenvalue weighted by molar-refractivity contribution is 7.89. The Bertz CT molecular complexity index is 1220. The van der Waals surface area contributed by atoms with Crippen molar-refractivity contribution in [3.8, 4) is 5.75 Å². The zero-order valence-corrected chi connectivity index (χ0v) is 20.1. The summed E-state index contributed by atoms with van der Waals surface area (Å²) >= 11 is 1.57. The van der Waals surface area contributed by atoms with Crippen molar-refractivity contribution in [3.05, 3.63) is 76.0 Å². The lowest BCUT2D eigenvalue weighted by Crippen LogP contribution is -2.26. The molecule has 0 fully saturated rings. The minimum atomic E-state index is -3.69. The lowest BCUT2D eigenvalue weighted by Gasteiger charge is -2.14. The molecular weight excluding hydrogens is 462 g/mol. The molecule has 0 saturated heterocycles. The number of carbonyl (C=O) groups is 2. The molecule has 174 valence electrons. The minimum Gasteiger partial charge on any atom is -0.495 e. The number of hydrogen-bond acceptors (Lipinski definition) is 6. The van der Waals surface area contributed by atoms with Gasteiger partial charge in [-0.15, -0.1) is 11.3 Å². The molecule has 1 aromatic heterocycles. The SMILES string of the molecule is COc1ccc(C(=O)N(C)C)cc1NC(=O)c1ccc(S(=O)(=O)NCCc2cccs2)cc1. The van der Waals surface area contributed by atoms with Crippen LogP contribution in [-0.4, -0.2) is 52.9 Å². The Labute approximate surface area is 197 Å². The highest BCUT2D eigenvalue weighted by atomic mass is 32.2. The fourth-order valence-electron chi connectivity index (χ4n) is 3.02. The van der Waals surface area contributed by atoms with Gasteiger partial charge in [0.15, 0.2) is 0 Å². The summed E-state index contributed by atoms with van der Waals surface area (Å²) in [5, 5.41) is 4.67. The molecule has 0 aliphatic rings. The third-order valence-electron chi connectivity index (χ3n) is 4.77. The second-order valence-corrected chi connectivity index (χ2v) is 10.1. The quantitative estimate of drug-likeness (QED) is 0.482.